The zero-order valence-corrected chi connectivity index (χ0v) is 16.3. The molecular formula is C18H27N5OS. The van der Waals surface area contributed by atoms with Crippen LogP contribution >= 0.6 is 11.3 Å². The van der Waals surface area contributed by atoms with Crippen LogP contribution in [0.1, 0.15) is 37.7 Å². The van der Waals surface area contributed by atoms with Crippen molar-refractivity contribution < 1.29 is 4.79 Å². The molecule has 0 aromatic carbocycles. The van der Waals surface area contributed by atoms with E-state index in [9.17, 15) is 4.79 Å². The first-order chi connectivity index (χ1) is 11.8. The topological polar surface area (TPSA) is 54.3 Å². The molecule has 1 aliphatic rings. The fourth-order valence-corrected chi connectivity index (χ4v) is 3.64. The van der Waals surface area contributed by atoms with Gasteiger partial charge in [-0.1, -0.05) is 20.8 Å². The zero-order valence-electron chi connectivity index (χ0n) is 15.5. The molecule has 1 amide bonds. The summed E-state index contributed by atoms with van der Waals surface area (Å²) in [7, 11) is 1.88. The molecule has 0 N–H and O–H groups in total. The van der Waals surface area contributed by atoms with Crippen molar-refractivity contribution in [3.8, 4) is 10.6 Å². The Balaban J connectivity index is 1.55. The number of aryl methyl sites for hydroxylation is 1. The van der Waals surface area contributed by atoms with Crippen molar-refractivity contribution in [1.29, 1.82) is 0 Å². The molecule has 25 heavy (non-hydrogen) atoms. The maximum Gasteiger partial charge on any atom is 0.273 e. The van der Waals surface area contributed by atoms with Gasteiger partial charge in [-0.05, 0) is 18.4 Å². The summed E-state index contributed by atoms with van der Waals surface area (Å²) in [4.78, 5) is 21.6. The van der Waals surface area contributed by atoms with Gasteiger partial charge in [0.2, 0.25) is 0 Å². The fourth-order valence-electron chi connectivity index (χ4n) is 2.87. The number of hydrogen-bond acceptors (Lipinski definition) is 5. The summed E-state index contributed by atoms with van der Waals surface area (Å²) in [6, 6.07) is 0. The predicted octanol–water partition coefficient (Wildman–Crippen LogP) is 2.74. The fraction of sp³-hybridized carbons (Fsp3) is 0.611. The van der Waals surface area contributed by atoms with Gasteiger partial charge in [0, 0.05) is 50.4 Å². The molecule has 1 aliphatic heterocycles. The molecule has 0 atom stereocenters. The SMILES string of the molecule is Cn1cc(-c2nc(C(=O)N3CCN(CCC(C)(C)C)CC3)cs2)cn1. The molecule has 1 fully saturated rings. The summed E-state index contributed by atoms with van der Waals surface area (Å²) < 4.78 is 1.75. The van der Waals surface area contributed by atoms with Gasteiger partial charge in [0.1, 0.15) is 10.7 Å². The Morgan fingerprint density at radius 1 is 1.24 bits per heavy atom. The van der Waals surface area contributed by atoms with Gasteiger partial charge in [-0.25, -0.2) is 4.98 Å². The molecule has 7 heteroatoms. The summed E-state index contributed by atoms with van der Waals surface area (Å²) in [5, 5.41) is 6.87. The van der Waals surface area contributed by atoms with Crippen LogP contribution in [0.5, 0.6) is 0 Å². The van der Waals surface area contributed by atoms with Crippen molar-refractivity contribution >= 4 is 17.2 Å². The maximum atomic E-state index is 12.7. The van der Waals surface area contributed by atoms with Gasteiger partial charge in [-0.15, -0.1) is 11.3 Å². The smallest absolute Gasteiger partial charge is 0.273 e. The normalized spacial score (nSPS) is 16.4. The number of thiazole rings is 1. The zero-order chi connectivity index (χ0) is 18.0. The average molecular weight is 362 g/mol. The number of rotatable bonds is 4. The standard InChI is InChI=1S/C18H27N5OS/c1-18(2,3)5-6-22-7-9-23(10-8-22)17(24)15-13-25-16(20-15)14-11-19-21(4)12-14/h11-13H,5-10H2,1-4H3. The van der Waals surface area contributed by atoms with Crippen molar-refractivity contribution in [1.82, 2.24) is 24.6 Å². The Kier molecular flexibility index (Phi) is 5.24. The minimum Gasteiger partial charge on any atom is -0.335 e. The van der Waals surface area contributed by atoms with Gasteiger partial charge in [0.15, 0.2) is 0 Å². The highest BCUT2D eigenvalue weighted by Crippen LogP contribution is 2.24. The van der Waals surface area contributed by atoms with Crippen molar-refractivity contribution in [3.05, 3.63) is 23.5 Å². The van der Waals surface area contributed by atoms with Crippen LogP contribution in [0.3, 0.4) is 0 Å². The third kappa shape index (κ3) is 4.67. The van der Waals surface area contributed by atoms with Crippen LogP contribution < -0.4 is 0 Å². The lowest BCUT2D eigenvalue weighted by atomic mass is 9.92. The first-order valence-electron chi connectivity index (χ1n) is 8.78. The van der Waals surface area contributed by atoms with Gasteiger partial charge >= 0.3 is 0 Å². The molecule has 0 spiro atoms. The van der Waals surface area contributed by atoms with Gasteiger partial charge in [0.05, 0.1) is 6.20 Å². The third-order valence-electron chi connectivity index (χ3n) is 4.51. The molecule has 0 saturated carbocycles. The van der Waals surface area contributed by atoms with Crippen LogP contribution in [0.15, 0.2) is 17.8 Å². The molecule has 0 unspecified atom stereocenters. The first kappa shape index (κ1) is 18.1. The third-order valence-corrected chi connectivity index (χ3v) is 5.40. The highest BCUT2D eigenvalue weighted by molar-refractivity contribution is 7.13. The average Bonchev–Trinajstić information content (AvgIpc) is 3.21. The second-order valence-electron chi connectivity index (χ2n) is 7.89. The van der Waals surface area contributed by atoms with E-state index >= 15 is 0 Å². The minimum absolute atomic E-state index is 0.0434. The number of hydrogen-bond donors (Lipinski definition) is 0. The highest BCUT2D eigenvalue weighted by atomic mass is 32.1. The minimum atomic E-state index is 0.0434. The van der Waals surface area contributed by atoms with E-state index in [4.69, 9.17) is 0 Å². The van der Waals surface area contributed by atoms with Crippen molar-refractivity contribution in [2.75, 3.05) is 32.7 Å². The van der Waals surface area contributed by atoms with E-state index in [1.807, 2.05) is 23.5 Å². The van der Waals surface area contributed by atoms with E-state index in [-0.39, 0.29) is 5.91 Å². The summed E-state index contributed by atoms with van der Waals surface area (Å²) in [5.74, 6) is 0.0434. The molecular weight excluding hydrogens is 334 g/mol. The van der Waals surface area contributed by atoms with E-state index in [1.165, 1.54) is 17.8 Å². The molecule has 0 radical (unpaired) electrons. The van der Waals surface area contributed by atoms with Crippen LogP contribution in [0.4, 0.5) is 0 Å². The highest BCUT2D eigenvalue weighted by Gasteiger charge is 2.24. The molecule has 6 nitrogen and oxygen atoms in total. The molecule has 1 saturated heterocycles. The van der Waals surface area contributed by atoms with Gasteiger partial charge in [-0.2, -0.15) is 5.10 Å². The molecule has 3 heterocycles. The van der Waals surface area contributed by atoms with Crippen LogP contribution in [0, 0.1) is 5.41 Å². The predicted molar refractivity (Wildman–Crippen MR) is 101 cm³/mol. The van der Waals surface area contributed by atoms with Crippen LogP contribution in [0.2, 0.25) is 0 Å². The van der Waals surface area contributed by atoms with Gasteiger partial charge in [0.25, 0.3) is 5.91 Å². The number of nitrogens with zero attached hydrogens (tertiary/aromatic N) is 5. The Bertz CT molecular complexity index is 722. The molecule has 2 aromatic rings. The molecule has 2 aromatic heterocycles. The Morgan fingerprint density at radius 3 is 2.56 bits per heavy atom. The van der Waals surface area contributed by atoms with Gasteiger partial charge in [-0.3, -0.25) is 14.4 Å². The maximum absolute atomic E-state index is 12.7. The van der Waals surface area contributed by atoms with Crippen LogP contribution in [-0.2, 0) is 7.05 Å². The van der Waals surface area contributed by atoms with Crippen LogP contribution in [0.25, 0.3) is 10.6 Å². The lowest BCUT2D eigenvalue weighted by molar-refractivity contribution is 0.0618. The van der Waals surface area contributed by atoms with E-state index in [0.29, 0.717) is 11.1 Å². The van der Waals surface area contributed by atoms with E-state index in [2.05, 4.69) is 35.8 Å². The second-order valence-corrected chi connectivity index (χ2v) is 8.74. The Labute approximate surface area is 153 Å². The number of carbonyl (C=O) groups excluding carboxylic acids is 1. The summed E-state index contributed by atoms with van der Waals surface area (Å²) in [6.07, 6.45) is 4.88. The summed E-state index contributed by atoms with van der Waals surface area (Å²) in [6.45, 7) is 11.4. The number of aromatic nitrogens is 3. The van der Waals surface area contributed by atoms with E-state index < -0.39 is 0 Å². The lowest BCUT2D eigenvalue weighted by Gasteiger charge is -2.35. The van der Waals surface area contributed by atoms with Gasteiger partial charge < -0.3 is 4.90 Å². The number of carbonyl (C=O) groups is 1. The largest absolute Gasteiger partial charge is 0.335 e. The van der Waals surface area contributed by atoms with Crippen molar-refractivity contribution in [2.24, 2.45) is 12.5 Å². The lowest BCUT2D eigenvalue weighted by Crippen LogP contribution is -2.49. The number of piperazine rings is 1. The molecule has 136 valence electrons. The molecule has 0 bridgehead atoms. The van der Waals surface area contributed by atoms with Crippen molar-refractivity contribution in [3.63, 3.8) is 0 Å². The van der Waals surface area contributed by atoms with E-state index in [0.717, 1.165) is 43.3 Å². The summed E-state index contributed by atoms with van der Waals surface area (Å²) in [5.41, 5.74) is 1.86. The first-order valence-corrected chi connectivity index (χ1v) is 9.66. The molecule has 0 aliphatic carbocycles. The second kappa shape index (κ2) is 7.25. The van der Waals surface area contributed by atoms with Crippen LogP contribution in [-0.4, -0.2) is 63.2 Å². The number of amides is 1. The quantitative estimate of drug-likeness (QED) is 0.840. The Hall–Kier alpha value is -1.73. The van der Waals surface area contributed by atoms with Crippen molar-refractivity contribution in [2.45, 2.75) is 27.2 Å². The Morgan fingerprint density at radius 2 is 1.96 bits per heavy atom. The molecule has 3 rings (SSSR count). The monoisotopic (exact) mass is 361 g/mol. The van der Waals surface area contributed by atoms with E-state index in [1.54, 1.807) is 10.9 Å². The summed E-state index contributed by atoms with van der Waals surface area (Å²) >= 11 is 1.50.